The fourth-order valence-corrected chi connectivity index (χ4v) is 7.17. The van der Waals surface area contributed by atoms with Crippen molar-refractivity contribution in [2.75, 3.05) is 18.5 Å². The van der Waals surface area contributed by atoms with Crippen molar-refractivity contribution in [1.29, 1.82) is 0 Å². The minimum atomic E-state index is -1.87. The molecule has 1 saturated heterocycles. The molecule has 4 N–H and O–H groups in total. The summed E-state index contributed by atoms with van der Waals surface area (Å²) in [5.74, 6) is -0.883. The van der Waals surface area contributed by atoms with E-state index in [1.165, 1.54) is 0 Å². The Hall–Kier alpha value is -3.18. The zero-order valence-electron chi connectivity index (χ0n) is 25.9. The van der Waals surface area contributed by atoms with Gasteiger partial charge in [-0.05, 0) is 65.4 Å². The molecular formula is C32H47N7O4. The summed E-state index contributed by atoms with van der Waals surface area (Å²) in [5, 5.41) is 15.6. The summed E-state index contributed by atoms with van der Waals surface area (Å²) < 4.78 is 7.46. The minimum absolute atomic E-state index is 0.208. The van der Waals surface area contributed by atoms with Crippen LogP contribution in [0.1, 0.15) is 103 Å². The predicted molar refractivity (Wildman–Crippen MR) is 165 cm³/mol. The summed E-state index contributed by atoms with van der Waals surface area (Å²) in [6, 6.07) is 0.208. The van der Waals surface area contributed by atoms with E-state index < -0.39 is 17.4 Å². The van der Waals surface area contributed by atoms with Gasteiger partial charge in [-0.2, -0.15) is 5.10 Å². The minimum Gasteiger partial charge on any atom is -0.381 e. The number of pyridine rings is 1. The third kappa shape index (κ3) is 5.98. The summed E-state index contributed by atoms with van der Waals surface area (Å²) in [6.45, 7) is 8.26. The number of aromatic nitrogens is 3. The highest BCUT2D eigenvalue weighted by atomic mass is 16.7. The average molecular weight is 594 g/mol. The second-order valence-electron chi connectivity index (χ2n) is 13.4. The second-order valence-corrected chi connectivity index (χ2v) is 13.4. The molecule has 0 aromatic carbocycles. The molecule has 2 aromatic rings. The smallest absolute Gasteiger partial charge is 0.271 e. The van der Waals surface area contributed by atoms with Crippen LogP contribution in [0.15, 0.2) is 18.5 Å². The van der Waals surface area contributed by atoms with Crippen molar-refractivity contribution in [2.24, 2.45) is 0 Å². The van der Waals surface area contributed by atoms with Crippen molar-refractivity contribution in [3.63, 3.8) is 0 Å². The number of carbonyl (C=O) groups is 2. The van der Waals surface area contributed by atoms with Gasteiger partial charge in [-0.3, -0.25) is 15.1 Å². The van der Waals surface area contributed by atoms with E-state index in [-0.39, 0.29) is 17.1 Å². The summed E-state index contributed by atoms with van der Waals surface area (Å²) in [7, 11) is 0. The monoisotopic (exact) mass is 593 g/mol. The summed E-state index contributed by atoms with van der Waals surface area (Å²) in [4.78, 5) is 39.3. The normalized spacial score (nSPS) is 23.3. The van der Waals surface area contributed by atoms with Gasteiger partial charge in [0.1, 0.15) is 0 Å². The van der Waals surface area contributed by atoms with Gasteiger partial charge in [0, 0.05) is 48.6 Å². The van der Waals surface area contributed by atoms with Gasteiger partial charge in [0.15, 0.2) is 5.65 Å². The van der Waals surface area contributed by atoms with Gasteiger partial charge >= 0.3 is 0 Å². The van der Waals surface area contributed by atoms with Gasteiger partial charge in [0.05, 0.1) is 23.0 Å². The van der Waals surface area contributed by atoms with Crippen molar-refractivity contribution in [2.45, 2.75) is 127 Å². The number of ether oxygens (including phenoxy) is 1. The lowest BCUT2D eigenvalue weighted by molar-refractivity contribution is -0.160. The van der Waals surface area contributed by atoms with Crippen LogP contribution < -0.4 is 21.4 Å². The molecule has 0 bridgehead atoms. The molecule has 2 aromatic heterocycles. The molecule has 4 aliphatic rings. The maximum atomic E-state index is 14.2. The molecule has 6 rings (SSSR count). The molecule has 234 valence electrons. The third-order valence-corrected chi connectivity index (χ3v) is 9.91. The molecule has 43 heavy (non-hydrogen) atoms. The Kier molecular flexibility index (Phi) is 8.39. The molecule has 0 atom stereocenters. The highest BCUT2D eigenvalue weighted by Crippen LogP contribution is 2.37. The Labute approximate surface area is 253 Å². The molecule has 2 aliphatic carbocycles. The van der Waals surface area contributed by atoms with Crippen LogP contribution in [0, 0.1) is 0 Å². The van der Waals surface area contributed by atoms with Gasteiger partial charge in [0.25, 0.3) is 17.4 Å². The standard InChI is InChI=1S/C32H47N7O4/c1-4-39-27-24(21-34-39)26(35-22-11-17-42-18-12-22)23(20-33-27)25-19-32(43-38-25,28(40)36-30(2)13-7-5-8-14-30)29(41)37-31(3)15-9-6-10-16-31/h19-22,38H,4-18H2,1-3H3,(H,33,35)(H,36,40)(H,37,41). The van der Waals surface area contributed by atoms with Crippen LogP contribution in [0.5, 0.6) is 0 Å². The van der Waals surface area contributed by atoms with Crippen LogP contribution in [0.25, 0.3) is 16.7 Å². The van der Waals surface area contributed by atoms with E-state index in [1.54, 1.807) is 12.3 Å². The summed E-state index contributed by atoms with van der Waals surface area (Å²) >= 11 is 0. The van der Waals surface area contributed by atoms with Crippen molar-refractivity contribution in [3.8, 4) is 0 Å². The topological polar surface area (TPSA) is 131 Å². The van der Waals surface area contributed by atoms with Crippen molar-refractivity contribution in [1.82, 2.24) is 30.9 Å². The number of anilines is 1. The number of hydrogen-bond donors (Lipinski definition) is 4. The number of hydroxylamine groups is 1. The van der Waals surface area contributed by atoms with Gasteiger partial charge < -0.3 is 20.7 Å². The van der Waals surface area contributed by atoms with Crippen LogP contribution in [-0.4, -0.2) is 62.5 Å². The van der Waals surface area contributed by atoms with E-state index in [0.717, 1.165) is 99.3 Å². The van der Waals surface area contributed by atoms with Gasteiger partial charge in [0.2, 0.25) is 0 Å². The third-order valence-electron chi connectivity index (χ3n) is 9.91. The number of fused-ring (bicyclic) bond motifs is 1. The molecule has 2 amide bonds. The van der Waals surface area contributed by atoms with Crippen LogP contribution >= 0.6 is 0 Å². The number of aryl methyl sites for hydroxylation is 1. The Balaban J connectivity index is 1.39. The van der Waals surface area contributed by atoms with Crippen LogP contribution in [0.3, 0.4) is 0 Å². The number of carbonyl (C=O) groups excluding carboxylic acids is 2. The maximum Gasteiger partial charge on any atom is 0.271 e. The van der Waals surface area contributed by atoms with Gasteiger partial charge in [-0.15, -0.1) is 0 Å². The molecule has 4 heterocycles. The fourth-order valence-electron chi connectivity index (χ4n) is 7.17. The first-order valence-corrected chi connectivity index (χ1v) is 16.3. The number of nitrogens with zero attached hydrogens (tertiary/aromatic N) is 3. The van der Waals surface area contributed by atoms with Crippen molar-refractivity contribution >= 4 is 34.2 Å². The number of hydrogen-bond acceptors (Lipinski definition) is 8. The van der Waals surface area contributed by atoms with Crippen LogP contribution in [-0.2, 0) is 25.7 Å². The van der Waals surface area contributed by atoms with E-state index in [4.69, 9.17) is 14.6 Å². The number of rotatable bonds is 8. The molecule has 0 spiro atoms. The Morgan fingerprint density at radius 2 is 1.56 bits per heavy atom. The maximum absolute atomic E-state index is 14.2. The molecule has 2 aliphatic heterocycles. The van der Waals surface area contributed by atoms with Crippen molar-refractivity contribution in [3.05, 3.63) is 24.0 Å². The molecule has 11 heteroatoms. The molecular weight excluding hydrogens is 546 g/mol. The first-order valence-electron chi connectivity index (χ1n) is 16.3. The van der Waals surface area contributed by atoms with E-state index in [9.17, 15) is 9.59 Å². The lowest BCUT2D eigenvalue weighted by Gasteiger charge is -2.39. The SMILES string of the molecule is CCn1ncc2c(NC3CCOCC3)c(C3=CC(C(=O)NC4(C)CCCCC4)(C(=O)NC4(C)CCCCC4)ON3)cnc21. The first-order chi connectivity index (χ1) is 20.7. The molecule has 2 saturated carbocycles. The van der Waals surface area contributed by atoms with Crippen molar-refractivity contribution < 1.29 is 19.2 Å². The number of amides is 2. The zero-order chi connectivity index (χ0) is 30.1. The lowest BCUT2D eigenvalue weighted by Crippen LogP contribution is -2.64. The quantitative estimate of drug-likeness (QED) is 0.333. The van der Waals surface area contributed by atoms with E-state index in [0.29, 0.717) is 25.5 Å². The Morgan fingerprint density at radius 1 is 0.953 bits per heavy atom. The lowest BCUT2D eigenvalue weighted by atomic mass is 9.81. The molecule has 0 radical (unpaired) electrons. The molecule has 3 fully saturated rings. The Morgan fingerprint density at radius 3 is 2.14 bits per heavy atom. The second kappa shape index (κ2) is 12.1. The van der Waals surface area contributed by atoms with E-state index >= 15 is 0 Å². The molecule has 11 nitrogen and oxygen atoms in total. The fraction of sp³-hybridized carbons (Fsp3) is 0.688. The highest BCUT2D eigenvalue weighted by molar-refractivity contribution is 6.13. The van der Waals surface area contributed by atoms with Gasteiger partial charge in [-0.1, -0.05) is 38.5 Å². The summed E-state index contributed by atoms with van der Waals surface area (Å²) in [6.07, 6.45) is 17.0. The van der Waals surface area contributed by atoms with E-state index in [1.807, 2.05) is 17.8 Å². The van der Waals surface area contributed by atoms with E-state index in [2.05, 4.69) is 40.4 Å². The molecule has 0 unspecified atom stereocenters. The largest absolute Gasteiger partial charge is 0.381 e. The zero-order valence-corrected chi connectivity index (χ0v) is 25.9. The summed E-state index contributed by atoms with van der Waals surface area (Å²) in [5.41, 5.74) is 3.24. The predicted octanol–water partition coefficient (Wildman–Crippen LogP) is 4.33. The highest BCUT2D eigenvalue weighted by Gasteiger charge is 2.53. The average Bonchev–Trinajstić information content (AvgIpc) is 3.64. The van der Waals surface area contributed by atoms with Crippen LogP contribution in [0.2, 0.25) is 0 Å². The van der Waals surface area contributed by atoms with Gasteiger partial charge in [-0.25, -0.2) is 14.5 Å². The Bertz CT molecular complexity index is 1330. The van der Waals surface area contributed by atoms with Crippen LogP contribution in [0.4, 0.5) is 5.69 Å². The first kappa shape index (κ1) is 29.9. The number of nitrogens with one attached hydrogen (secondary N) is 4.